The second-order valence-corrected chi connectivity index (χ2v) is 8.91. The maximum Gasteiger partial charge on any atom is 0.173 e. The molecule has 2 aromatic heterocycles. The van der Waals surface area contributed by atoms with Crippen LogP contribution in [0, 0.1) is 12.7 Å². The van der Waals surface area contributed by atoms with Crippen LogP contribution in [-0.2, 0) is 5.75 Å². The summed E-state index contributed by atoms with van der Waals surface area (Å²) in [5.74, 6) is 0.865. The second-order valence-electron chi connectivity index (χ2n) is 6.22. The SMILES string of the molecule is COc1cc(F)ccc1-c1cnc(SCc2cnc(C)s2)n1-c1ccc(Cl)cc1. The quantitative estimate of drug-likeness (QED) is 0.322. The van der Waals surface area contributed by atoms with Crippen molar-refractivity contribution in [1.82, 2.24) is 14.5 Å². The molecule has 4 rings (SSSR count). The molecule has 0 bridgehead atoms. The van der Waals surface area contributed by atoms with E-state index in [1.165, 1.54) is 24.1 Å². The van der Waals surface area contributed by atoms with E-state index in [-0.39, 0.29) is 5.82 Å². The van der Waals surface area contributed by atoms with Crippen LogP contribution in [0.4, 0.5) is 4.39 Å². The van der Waals surface area contributed by atoms with Crippen molar-refractivity contribution in [2.45, 2.75) is 17.8 Å². The van der Waals surface area contributed by atoms with Crippen LogP contribution in [0.15, 0.2) is 60.0 Å². The highest BCUT2D eigenvalue weighted by atomic mass is 35.5. The van der Waals surface area contributed by atoms with Gasteiger partial charge in [-0.2, -0.15) is 0 Å². The highest BCUT2D eigenvalue weighted by molar-refractivity contribution is 7.98. The molecule has 0 saturated carbocycles. The van der Waals surface area contributed by atoms with Gasteiger partial charge in [0.15, 0.2) is 5.16 Å². The summed E-state index contributed by atoms with van der Waals surface area (Å²) in [7, 11) is 1.53. The number of benzene rings is 2. The topological polar surface area (TPSA) is 39.9 Å². The van der Waals surface area contributed by atoms with Crippen molar-refractivity contribution in [1.29, 1.82) is 0 Å². The van der Waals surface area contributed by atoms with Crippen molar-refractivity contribution in [3.8, 4) is 22.7 Å². The first kappa shape index (κ1) is 19.9. The number of hydrogen-bond donors (Lipinski definition) is 0. The molecule has 0 unspecified atom stereocenters. The molecule has 0 aliphatic carbocycles. The Morgan fingerprint density at radius 3 is 2.62 bits per heavy atom. The lowest BCUT2D eigenvalue weighted by molar-refractivity contribution is 0.412. The third-order valence-corrected chi connectivity index (χ3v) is 6.62. The monoisotopic (exact) mass is 445 g/mol. The molecule has 0 saturated heterocycles. The number of ether oxygens (including phenoxy) is 1. The zero-order valence-electron chi connectivity index (χ0n) is 15.7. The van der Waals surface area contributed by atoms with E-state index < -0.39 is 0 Å². The third-order valence-electron chi connectivity index (χ3n) is 4.27. The summed E-state index contributed by atoms with van der Waals surface area (Å²) in [4.78, 5) is 10.1. The summed E-state index contributed by atoms with van der Waals surface area (Å²) < 4.78 is 21.2. The van der Waals surface area contributed by atoms with Crippen molar-refractivity contribution < 1.29 is 9.13 Å². The van der Waals surface area contributed by atoms with E-state index in [0.29, 0.717) is 10.8 Å². The maximum atomic E-state index is 13.7. The minimum Gasteiger partial charge on any atom is -0.496 e. The molecule has 2 aromatic carbocycles. The van der Waals surface area contributed by atoms with Gasteiger partial charge < -0.3 is 4.74 Å². The fraction of sp³-hybridized carbons (Fsp3) is 0.143. The number of thioether (sulfide) groups is 1. The second kappa shape index (κ2) is 8.57. The van der Waals surface area contributed by atoms with Crippen LogP contribution in [0.25, 0.3) is 16.9 Å². The molecule has 0 atom stereocenters. The van der Waals surface area contributed by atoms with Gasteiger partial charge in [-0.15, -0.1) is 11.3 Å². The largest absolute Gasteiger partial charge is 0.496 e. The molecule has 0 spiro atoms. The van der Waals surface area contributed by atoms with E-state index in [9.17, 15) is 4.39 Å². The van der Waals surface area contributed by atoms with Gasteiger partial charge in [-0.3, -0.25) is 4.57 Å². The fourth-order valence-corrected chi connectivity index (χ4v) is 4.89. The molecule has 0 fully saturated rings. The van der Waals surface area contributed by atoms with Crippen molar-refractivity contribution in [2.24, 2.45) is 0 Å². The molecule has 8 heteroatoms. The Hall–Kier alpha value is -2.35. The minimum atomic E-state index is -0.349. The van der Waals surface area contributed by atoms with Crippen LogP contribution >= 0.6 is 34.7 Å². The Labute approximate surface area is 181 Å². The lowest BCUT2D eigenvalue weighted by Gasteiger charge is -2.14. The van der Waals surface area contributed by atoms with Crippen LogP contribution in [0.3, 0.4) is 0 Å². The predicted octanol–water partition coefficient (Wildman–Crippen LogP) is 6.40. The lowest BCUT2D eigenvalue weighted by atomic mass is 10.1. The first-order valence-electron chi connectivity index (χ1n) is 8.77. The molecule has 0 N–H and O–H groups in total. The minimum absolute atomic E-state index is 0.349. The Bertz CT molecular complexity index is 1140. The van der Waals surface area contributed by atoms with Gasteiger partial charge in [0.05, 0.1) is 24.0 Å². The van der Waals surface area contributed by atoms with Gasteiger partial charge in [-0.05, 0) is 43.3 Å². The standard InChI is InChI=1S/C21H17ClFN3OS2/c1-13-24-10-17(29-13)12-28-21-25-11-19(18-8-5-15(23)9-20(18)27-2)26(21)16-6-3-14(22)4-7-16/h3-11H,12H2,1-2H3. The summed E-state index contributed by atoms with van der Waals surface area (Å²) in [5.41, 5.74) is 2.49. The van der Waals surface area contributed by atoms with E-state index in [4.69, 9.17) is 16.3 Å². The highest BCUT2D eigenvalue weighted by Crippen LogP contribution is 2.36. The molecule has 148 valence electrons. The molecular formula is C21H17ClFN3OS2. The number of halogens is 2. The molecule has 4 nitrogen and oxygen atoms in total. The van der Waals surface area contributed by atoms with E-state index in [1.807, 2.05) is 42.0 Å². The Morgan fingerprint density at radius 1 is 1.14 bits per heavy atom. The number of rotatable bonds is 6. The average molecular weight is 446 g/mol. The molecule has 4 aromatic rings. The van der Waals surface area contributed by atoms with Crippen molar-refractivity contribution in [3.63, 3.8) is 0 Å². The van der Waals surface area contributed by atoms with E-state index in [0.717, 1.165) is 32.9 Å². The van der Waals surface area contributed by atoms with Gasteiger partial charge in [0.2, 0.25) is 0 Å². The number of imidazole rings is 1. The molecule has 2 heterocycles. The summed E-state index contributed by atoms with van der Waals surface area (Å²) in [6.07, 6.45) is 3.68. The first-order chi connectivity index (χ1) is 14.0. The average Bonchev–Trinajstić information content (AvgIpc) is 3.33. The lowest BCUT2D eigenvalue weighted by Crippen LogP contribution is -2.00. The highest BCUT2D eigenvalue weighted by Gasteiger charge is 2.18. The molecule has 0 amide bonds. The summed E-state index contributed by atoms with van der Waals surface area (Å²) in [6, 6.07) is 12.0. The number of thiazole rings is 1. The van der Waals surface area contributed by atoms with Crippen LogP contribution in [-0.4, -0.2) is 21.6 Å². The molecular weight excluding hydrogens is 429 g/mol. The van der Waals surface area contributed by atoms with Crippen molar-refractivity contribution in [2.75, 3.05) is 7.11 Å². The van der Waals surface area contributed by atoms with Crippen LogP contribution in [0.2, 0.25) is 5.02 Å². The van der Waals surface area contributed by atoms with Gasteiger partial charge in [0.1, 0.15) is 11.6 Å². The zero-order chi connectivity index (χ0) is 20.4. The molecule has 0 aliphatic heterocycles. The maximum absolute atomic E-state index is 13.7. The van der Waals surface area contributed by atoms with Gasteiger partial charge in [-0.25, -0.2) is 14.4 Å². The first-order valence-corrected chi connectivity index (χ1v) is 10.9. The van der Waals surface area contributed by atoms with E-state index >= 15 is 0 Å². The third kappa shape index (κ3) is 4.32. The Balaban J connectivity index is 1.79. The number of aromatic nitrogens is 3. The summed E-state index contributed by atoms with van der Waals surface area (Å²) in [6.45, 7) is 1.99. The van der Waals surface area contributed by atoms with Gasteiger partial charge in [0.25, 0.3) is 0 Å². The smallest absolute Gasteiger partial charge is 0.173 e. The summed E-state index contributed by atoms with van der Waals surface area (Å²) in [5, 5.41) is 2.52. The van der Waals surface area contributed by atoms with Crippen LogP contribution < -0.4 is 4.74 Å². The van der Waals surface area contributed by atoms with Crippen LogP contribution in [0.5, 0.6) is 5.75 Å². The summed E-state index contributed by atoms with van der Waals surface area (Å²) >= 11 is 9.37. The van der Waals surface area contributed by atoms with Crippen molar-refractivity contribution >= 4 is 34.7 Å². The molecule has 0 aliphatic rings. The number of methoxy groups -OCH3 is 1. The number of hydrogen-bond acceptors (Lipinski definition) is 5. The predicted molar refractivity (Wildman–Crippen MR) is 117 cm³/mol. The molecule has 0 radical (unpaired) electrons. The van der Waals surface area contributed by atoms with Crippen LogP contribution in [0.1, 0.15) is 9.88 Å². The van der Waals surface area contributed by atoms with E-state index in [1.54, 1.807) is 35.4 Å². The van der Waals surface area contributed by atoms with Crippen molar-refractivity contribution in [3.05, 3.63) is 75.6 Å². The Kier molecular flexibility index (Phi) is 5.89. The van der Waals surface area contributed by atoms with Gasteiger partial charge in [-0.1, -0.05) is 23.4 Å². The van der Waals surface area contributed by atoms with Gasteiger partial charge >= 0.3 is 0 Å². The zero-order valence-corrected chi connectivity index (χ0v) is 18.1. The normalized spacial score (nSPS) is 11.0. The fourth-order valence-electron chi connectivity index (χ4n) is 2.95. The van der Waals surface area contributed by atoms with E-state index in [2.05, 4.69) is 9.97 Å². The number of aryl methyl sites for hydroxylation is 1. The molecule has 29 heavy (non-hydrogen) atoms. The van der Waals surface area contributed by atoms with Gasteiger partial charge in [0, 0.05) is 39.2 Å². The number of nitrogens with zero attached hydrogens (tertiary/aromatic N) is 3. The Morgan fingerprint density at radius 2 is 1.93 bits per heavy atom.